The third-order valence-corrected chi connectivity index (χ3v) is 5.74. The van der Waals surface area contributed by atoms with Gasteiger partial charge in [-0.2, -0.15) is 0 Å². The van der Waals surface area contributed by atoms with Crippen LogP contribution in [0.4, 0.5) is 0 Å². The first-order valence-corrected chi connectivity index (χ1v) is 10.4. The number of aromatic nitrogens is 1. The number of hydrogen-bond acceptors (Lipinski definition) is 3. The fraction of sp³-hybridized carbons (Fsp3) is 0.320. The first kappa shape index (κ1) is 20.1. The Balaban J connectivity index is 1.41. The van der Waals surface area contributed by atoms with Gasteiger partial charge in [-0.05, 0) is 42.7 Å². The molecule has 5 heteroatoms. The Kier molecular flexibility index (Phi) is 6.07. The third kappa shape index (κ3) is 4.35. The lowest BCUT2D eigenvalue weighted by Gasteiger charge is -2.32. The second kappa shape index (κ2) is 9.08. The standard InChI is InChI=1S/C25H28N2O3/c1-26-23(20-9-4-3-5-10-20)13-14-24(26)25(28)27-15-7-8-19(17-27)18-30-22-12-6-11-21(16-22)29-2/h3-6,9-14,16,19H,7-8,15,17-18H2,1-2H3. The van der Waals surface area contributed by atoms with E-state index in [4.69, 9.17) is 9.47 Å². The number of carbonyl (C=O) groups is 1. The number of amides is 1. The fourth-order valence-corrected chi connectivity index (χ4v) is 4.08. The van der Waals surface area contributed by atoms with Crippen molar-refractivity contribution in [3.8, 4) is 22.8 Å². The number of rotatable bonds is 6. The van der Waals surface area contributed by atoms with Crippen LogP contribution in [-0.2, 0) is 7.05 Å². The first-order chi connectivity index (χ1) is 14.7. The highest BCUT2D eigenvalue weighted by Crippen LogP contribution is 2.25. The van der Waals surface area contributed by atoms with Gasteiger partial charge in [0.2, 0.25) is 0 Å². The minimum Gasteiger partial charge on any atom is -0.497 e. The lowest BCUT2D eigenvalue weighted by atomic mass is 9.98. The Morgan fingerprint density at radius 3 is 2.63 bits per heavy atom. The van der Waals surface area contributed by atoms with Gasteiger partial charge in [0.25, 0.3) is 5.91 Å². The van der Waals surface area contributed by atoms with Crippen molar-refractivity contribution in [1.29, 1.82) is 0 Å². The number of methoxy groups -OCH3 is 1. The molecule has 1 amide bonds. The van der Waals surface area contributed by atoms with Crippen LogP contribution in [0, 0.1) is 5.92 Å². The van der Waals surface area contributed by atoms with Crippen molar-refractivity contribution in [3.05, 3.63) is 72.4 Å². The lowest BCUT2D eigenvalue weighted by molar-refractivity contribution is 0.0624. The van der Waals surface area contributed by atoms with Crippen molar-refractivity contribution in [2.45, 2.75) is 12.8 Å². The topological polar surface area (TPSA) is 43.7 Å². The van der Waals surface area contributed by atoms with Crippen LogP contribution < -0.4 is 9.47 Å². The van der Waals surface area contributed by atoms with Gasteiger partial charge in [0.15, 0.2) is 0 Å². The second-order valence-electron chi connectivity index (χ2n) is 7.78. The molecular weight excluding hydrogens is 376 g/mol. The van der Waals surface area contributed by atoms with Crippen LogP contribution in [0.2, 0.25) is 0 Å². The number of hydrogen-bond donors (Lipinski definition) is 0. The predicted octanol–water partition coefficient (Wildman–Crippen LogP) is 4.63. The minimum absolute atomic E-state index is 0.0887. The van der Waals surface area contributed by atoms with Crippen LogP contribution in [0.15, 0.2) is 66.7 Å². The molecule has 0 radical (unpaired) electrons. The quantitative estimate of drug-likeness (QED) is 0.602. The summed E-state index contributed by atoms with van der Waals surface area (Å²) in [4.78, 5) is 15.2. The van der Waals surface area contributed by atoms with Gasteiger partial charge in [-0.3, -0.25) is 4.79 Å². The lowest BCUT2D eigenvalue weighted by Crippen LogP contribution is -2.42. The van der Waals surface area contributed by atoms with Crippen molar-refractivity contribution in [3.63, 3.8) is 0 Å². The van der Waals surface area contributed by atoms with E-state index in [0.29, 0.717) is 19.1 Å². The van der Waals surface area contributed by atoms with Gasteiger partial charge in [-0.1, -0.05) is 36.4 Å². The molecule has 0 saturated carbocycles. The van der Waals surface area contributed by atoms with Crippen molar-refractivity contribution in [1.82, 2.24) is 9.47 Å². The summed E-state index contributed by atoms with van der Waals surface area (Å²) >= 11 is 0. The molecule has 1 aromatic heterocycles. The number of piperidine rings is 1. The molecule has 5 nitrogen and oxygen atoms in total. The van der Waals surface area contributed by atoms with Gasteiger partial charge in [0, 0.05) is 37.8 Å². The normalized spacial score (nSPS) is 16.3. The molecule has 0 bridgehead atoms. The molecule has 4 rings (SSSR count). The summed E-state index contributed by atoms with van der Waals surface area (Å²) in [5.41, 5.74) is 2.89. The molecule has 1 atom stereocenters. The monoisotopic (exact) mass is 404 g/mol. The number of benzene rings is 2. The number of carbonyl (C=O) groups excluding carboxylic acids is 1. The molecule has 0 N–H and O–H groups in total. The van der Waals surface area contributed by atoms with E-state index in [9.17, 15) is 4.79 Å². The van der Waals surface area contributed by atoms with Crippen LogP contribution >= 0.6 is 0 Å². The summed E-state index contributed by atoms with van der Waals surface area (Å²) in [6.07, 6.45) is 2.06. The highest BCUT2D eigenvalue weighted by atomic mass is 16.5. The van der Waals surface area contributed by atoms with Crippen LogP contribution in [0.5, 0.6) is 11.5 Å². The van der Waals surface area contributed by atoms with Gasteiger partial charge in [0.1, 0.15) is 17.2 Å². The number of nitrogens with zero attached hydrogens (tertiary/aromatic N) is 2. The van der Waals surface area contributed by atoms with Crippen LogP contribution in [0.1, 0.15) is 23.3 Å². The highest BCUT2D eigenvalue weighted by Gasteiger charge is 2.27. The van der Waals surface area contributed by atoms with Gasteiger partial charge in [0.05, 0.1) is 13.7 Å². The van der Waals surface area contributed by atoms with Crippen molar-refractivity contribution in [2.75, 3.05) is 26.8 Å². The van der Waals surface area contributed by atoms with E-state index in [1.54, 1.807) is 7.11 Å². The zero-order valence-corrected chi connectivity index (χ0v) is 17.6. The average molecular weight is 405 g/mol. The summed E-state index contributed by atoms with van der Waals surface area (Å²) in [5.74, 6) is 1.99. The Morgan fingerprint density at radius 2 is 1.83 bits per heavy atom. The maximum Gasteiger partial charge on any atom is 0.270 e. The van der Waals surface area contributed by atoms with E-state index >= 15 is 0 Å². The molecule has 2 heterocycles. The maximum atomic E-state index is 13.2. The number of ether oxygens (including phenoxy) is 2. The van der Waals surface area contributed by atoms with E-state index < -0.39 is 0 Å². The minimum atomic E-state index is 0.0887. The summed E-state index contributed by atoms with van der Waals surface area (Å²) in [6, 6.07) is 21.8. The van der Waals surface area contributed by atoms with E-state index in [-0.39, 0.29) is 5.91 Å². The molecule has 2 aromatic carbocycles. The van der Waals surface area contributed by atoms with Crippen LogP contribution in [0.25, 0.3) is 11.3 Å². The summed E-state index contributed by atoms with van der Waals surface area (Å²) in [5, 5.41) is 0. The van der Waals surface area contributed by atoms with Gasteiger partial charge >= 0.3 is 0 Å². The van der Waals surface area contributed by atoms with Crippen molar-refractivity contribution in [2.24, 2.45) is 13.0 Å². The molecule has 0 spiro atoms. The Hall–Kier alpha value is -3.21. The van der Waals surface area contributed by atoms with E-state index in [0.717, 1.165) is 47.8 Å². The molecule has 1 saturated heterocycles. The van der Waals surface area contributed by atoms with Crippen molar-refractivity contribution < 1.29 is 14.3 Å². The number of likely N-dealkylation sites (tertiary alicyclic amines) is 1. The van der Waals surface area contributed by atoms with Gasteiger partial charge < -0.3 is 18.9 Å². The summed E-state index contributed by atoms with van der Waals surface area (Å²) in [7, 11) is 3.61. The van der Waals surface area contributed by atoms with E-state index in [2.05, 4.69) is 12.1 Å². The zero-order chi connectivity index (χ0) is 20.9. The molecule has 1 unspecified atom stereocenters. The van der Waals surface area contributed by atoms with Gasteiger partial charge in [-0.15, -0.1) is 0 Å². The SMILES string of the molecule is COc1cccc(OCC2CCCN(C(=O)c3ccc(-c4ccccc4)n3C)C2)c1. The van der Waals surface area contributed by atoms with Crippen LogP contribution in [-0.4, -0.2) is 42.2 Å². The molecule has 156 valence electrons. The molecule has 1 aliphatic heterocycles. The highest BCUT2D eigenvalue weighted by molar-refractivity contribution is 5.94. The Morgan fingerprint density at radius 1 is 1.03 bits per heavy atom. The Bertz CT molecular complexity index is 997. The maximum absolute atomic E-state index is 13.2. The molecule has 30 heavy (non-hydrogen) atoms. The molecule has 1 fully saturated rings. The largest absolute Gasteiger partial charge is 0.497 e. The molecule has 1 aliphatic rings. The van der Waals surface area contributed by atoms with E-state index in [1.807, 2.05) is 71.1 Å². The predicted molar refractivity (Wildman–Crippen MR) is 118 cm³/mol. The Labute approximate surface area is 177 Å². The summed E-state index contributed by atoms with van der Waals surface area (Å²) < 4.78 is 13.2. The average Bonchev–Trinajstić information content (AvgIpc) is 3.19. The smallest absolute Gasteiger partial charge is 0.270 e. The second-order valence-corrected chi connectivity index (χ2v) is 7.78. The van der Waals surface area contributed by atoms with Gasteiger partial charge in [-0.25, -0.2) is 0 Å². The van der Waals surface area contributed by atoms with Crippen molar-refractivity contribution >= 4 is 5.91 Å². The fourth-order valence-electron chi connectivity index (χ4n) is 4.08. The molecule has 0 aliphatic carbocycles. The molecular formula is C25H28N2O3. The molecule has 3 aromatic rings. The zero-order valence-electron chi connectivity index (χ0n) is 17.6. The first-order valence-electron chi connectivity index (χ1n) is 10.4. The summed E-state index contributed by atoms with van der Waals surface area (Å²) in [6.45, 7) is 2.11. The van der Waals surface area contributed by atoms with E-state index in [1.165, 1.54) is 0 Å². The third-order valence-electron chi connectivity index (χ3n) is 5.74. The van der Waals surface area contributed by atoms with Crippen LogP contribution in [0.3, 0.4) is 0 Å².